The van der Waals surface area contributed by atoms with Gasteiger partial charge < -0.3 is 14.5 Å². The zero-order chi connectivity index (χ0) is 22.3. The van der Waals surface area contributed by atoms with Gasteiger partial charge in [0.2, 0.25) is 0 Å². The van der Waals surface area contributed by atoms with Crippen LogP contribution >= 0.6 is 0 Å². The van der Waals surface area contributed by atoms with E-state index in [-0.39, 0.29) is 5.91 Å². The molecule has 3 heterocycles. The number of rotatable bonds is 8. The molecule has 1 aliphatic rings. The summed E-state index contributed by atoms with van der Waals surface area (Å²) < 4.78 is 7.68. The number of hydrogen-bond acceptors (Lipinski definition) is 6. The van der Waals surface area contributed by atoms with E-state index in [4.69, 9.17) is 4.74 Å². The summed E-state index contributed by atoms with van der Waals surface area (Å²) in [6.07, 6.45) is 8.62. The van der Waals surface area contributed by atoms with Crippen molar-refractivity contribution < 1.29 is 9.53 Å². The third kappa shape index (κ3) is 5.07. The van der Waals surface area contributed by atoms with Gasteiger partial charge in [0.25, 0.3) is 5.91 Å². The van der Waals surface area contributed by atoms with E-state index in [1.165, 1.54) is 12.8 Å². The largest absolute Gasteiger partial charge is 0.494 e. The lowest BCUT2D eigenvalue weighted by molar-refractivity contribution is 0.0746. The fraction of sp³-hybridized carbons (Fsp3) is 0.417. The van der Waals surface area contributed by atoms with Crippen LogP contribution in [0, 0.1) is 6.92 Å². The number of imidazole rings is 1. The van der Waals surface area contributed by atoms with Gasteiger partial charge in [-0.1, -0.05) is 19.8 Å². The van der Waals surface area contributed by atoms with Gasteiger partial charge in [-0.05, 0) is 37.6 Å². The van der Waals surface area contributed by atoms with Crippen molar-refractivity contribution >= 4 is 11.7 Å². The molecule has 1 saturated heterocycles. The van der Waals surface area contributed by atoms with Gasteiger partial charge >= 0.3 is 0 Å². The topological polar surface area (TPSA) is 76.4 Å². The van der Waals surface area contributed by atoms with E-state index in [2.05, 4.69) is 26.8 Å². The Kier molecular flexibility index (Phi) is 6.99. The van der Waals surface area contributed by atoms with E-state index in [1.807, 2.05) is 52.9 Å². The van der Waals surface area contributed by atoms with Crippen LogP contribution in [0.3, 0.4) is 0 Å². The lowest BCUT2D eigenvalue weighted by atomic mass is 10.1. The molecule has 8 heteroatoms. The molecule has 32 heavy (non-hydrogen) atoms. The molecule has 0 atom stereocenters. The lowest BCUT2D eigenvalue weighted by Crippen LogP contribution is -2.49. The van der Waals surface area contributed by atoms with Gasteiger partial charge in [0, 0.05) is 50.2 Å². The van der Waals surface area contributed by atoms with Crippen LogP contribution < -0.4 is 9.64 Å². The summed E-state index contributed by atoms with van der Waals surface area (Å²) in [6, 6.07) is 9.44. The van der Waals surface area contributed by atoms with Gasteiger partial charge in [0.1, 0.15) is 29.5 Å². The smallest absolute Gasteiger partial charge is 0.253 e. The van der Waals surface area contributed by atoms with Gasteiger partial charge in [-0.15, -0.1) is 0 Å². The first-order valence-electron chi connectivity index (χ1n) is 11.2. The number of hydrogen-bond donors (Lipinski definition) is 0. The van der Waals surface area contributed by atoms with Crippen molar-refractivity contribution in [1.82, 2.24) is 24.4 Å². The average Bonchev–Trinajstić information content (AvgIpc) is 3.28. The summed E-state index contributed by atoms with van der Waals surface area (Å²) in [5.74, 6) is 3.40. The maximum Gasteiger partial charge on any atom is 0.253 e. The first-order valence-corrected chi connectivity index (χ1v) is 11.2. The van der Waals surface area contributed by atoms with Crippen LogP contribution in [0.15, 0.2) is 49.1 Å². The Morgan fingerprint density at radius 2 is 1.75 bits per heavy atom. The summed E-state index contributed by atoms with van der Waals surface area (Å²) in [7, 11) is 0. The number of amides is 1. The summed E-state index contributed by atoms with van der Waals surface area (Å²) in [4.78, 5) is 30.1. The van der Waals surface area contributed by atoms with Crippen molar-refractivity contribution in [3.63, 3.8) is 0 Å². The number of aryl methyl sites for hydroxylation is 1. The molecule has 1 fully saturated rings. The Hall–Kier alpha value is -3.42. The molecule has 0 bridgehead atoms. The van der Waals surface area contributed by atoms with Crippen molar-refractivity contribution in [3.8, 4) is 11.6 Å². The number of unbranched alkanes of at least 4 members (excludes halogenated alkanes) is 2. The average molecular weight is 435 g/mol. The van der Waals surface area contributed by atoms with Crippen LogP contribution in [0.4, 0.5) is 5.82 Å². The summed E-state index contributed by atoms with van der Waals surface area (Å²) in [5, 5.41) is 0. The Bertz CT molecular complexity index is 1020. The van der Waals surface area contributed by atoms with Crippen LogP contribution in [0.2, 0.25) is 0 Å². The fourth-order valence-electron chi connectivity index (χ4n) is 3.82. The van der Waals surface area contributed by atoms with Crippen LogP contribution in [-0.2, 0) is 0 Å². The lowest BCUT2D eigenvalue weighted by Gasteiger charge is -2.35. The molecule has 4 rings (SSSR count). The van der Waals surface area contributed by atoms with Crippen molar-refractivity contribution in [1.29, 1.82) is 0 Å². The number of carbonyl (C=O) groups is 1. The van der Waals surface area contributed by atoms with Gasteiger partial charge in [-0.3, -0.25) is 9.36 Å². The van der Waals surface area contributed by atoms with Crippen molar-refractivity contribution in [2.75, 3.05) is 37.7 Å². The monoisotopic (exact) mass is 434 g/mol. The third-order valence-electron chi connectivity index (χ3n) is 5.72. The van der Waals surface area contributed by atoms with E-state index in [0.717, 1.165) is 42.7 Å². The molecule has 0 radical (unpaired) electrons. The molecular formula is C24H30N6O2. The Morgan fingerprint density at radius 1 is 1.00 bits per heavy atom. The molecule has 1 aliphatic heterocycles. The maximum atomic E-state index is 12.9. The number of ether oxygens (including phenoxy) is 1. The number of benzene rings is 1. The molecule has 0 unspecified atom stereocenters. The second-order valence-electron chi connectivity index (χ2n) is 7.94. The summed E-state index contributed by atoms with van der Waals surface area (Å²) in [5.41, 5.74) is 0.694. The highest BCUT2D eigenvalue weighted by atomic mass is 16.5. The maximum absolute atomic E-state index is 12.9. The molecular weight excluding hydrogens is 404 g/mol. The van der Waals surface area contributed by atoms with E-state index >= 15 is 0 Å². The molecule has 0 aliphatic carbocycles. The molecule has 8 nitrogen and oxygen atoms in total. The number of carbonyl (C=O) groups excluding carboxylic acids is 1. The predicted octanol–water partition coefficient (Wildman–Crippen LogP) is 3.50. The standard InChI is InChI=1S/C24H30N6O2/c1-3-4-5-16-32-21-8-6-20(7-9-21)24(31)29-14-12-28(13-15-29)22-17-23(27-18-26-22)30-11-10-25-19(30)2/h6-11,17-18H,3-5,12-16H2,1-2H3. The predicted molar refractivity (Wildman–Crippen MR) is 123 cm³/mol. The number of anilines is 1. The van der Waals surface area contributed by atoms with Crippen LogP contribution in [0.5, 0.6) is 5.75 Å². The number of piperazine rings is 1. The van der Waals surface area contributed by atoms with Crippen LogP contribution in [0.1, 0.15) is 42.4 Å². The van der Waals surface area contributed by atoms with Gasteiger partial charge in [0.15, 0.2) is 0 Å². The molecule has 0 saturated carbocycles. The highest BCUT2D eigenvalue weighted by Crippen LogP contribution is 2.19. The minimum absolute atomic E-state index is 0.0552. The van der Waals surface area contributed by atoms with E-state index in [0.29, 0.717) is 25.3 Å². The summed E-state index contributed by atoms with van der Waals surface area (Å²) >= 11 is 0. The zero-order valence-corrected chi connectivity index (χ0v) is 18.8. The van der Waals surface area contributed by atoms with E-state index < -0.39 is 0 Å². The molecule has 0 N–H and O–H groups in total. The molecule has 2 aromatic heterocycles. The number of nitrogens with zero attached hydrogens (tertiary/aromatic N) is 6. The van der Waals surface area contributed by atoms with Crippen molar-refractivity contribution in [2.24, 2.45) is 0 Å². The number of aromatic nitrogens is 4. The van der Waals surface area contributed by atoms with Gasteiger partial charge in [-0.2, -0.15) is 0 Å². The summed E-state index contributed by atoms with van der Waals surface area (Å²) in [6.45, 7) is 7.58. The van der Waals surface area contributed by atoms with Gasteiger partial charge in [0.05, 0.1) is 6.61 Å². The third-order valence-corrected chi connectivity index (χ3v) is 5.72. The van der Waals surface area contributed by atoms with E-state index in [9.17, 15) is 4.79 Å². The highest BCUT2D eigenvalue weighted by molar-refractivity contribution is 5.94. The second-order valence-corrected chi connectivity index (χ2v) is 7.94. The van der Waals surface area contributed by atoms with Crippen molar-refractivity contribution in [3.05, 3.63) is 60.4 Å². The quantitative estimate of drug-likeness (QED) is 0.505. The highest BCUT2D eigenvalue weighted by Gasteiger charge is 2.23. The SMILES string of the molecule is CCCCCOc1ccc(C(=O)N2CCN(c3cc(-n4ccnc4C)ncn3)CC2)cc1. The normalized spacial score (nSPS) is 13.9. The van der Waals surface area contributed by atoms with Crippen LogP contribution in [-0.4, -0.2) is 63.1 Å². The molecule has 168 valence electrons. The first-order chi connectivity index (χ1) is 15.7. The minimum atomic E-state index is 0.0552. The molecule has 1 aromatic carbocycles. The van der Waals surface area contributed by atoms with Gasteiger partial charge in [-0.25, -0.2) is 15.0 Å². The Labute approximate surface area is 188 Å². The zero-order valence-electron chi connectivity index (χ0n) is 18.8. The second kappa shape index (κ2) is 10.3. The minimum Gasteiger partial charge on any atom is -0.494 e. The van der Waals surface area contributed by atoms with Crippen molar-refractivity contribution in [2.45, 2.75) is 33.1 Å². The molecule has 0 spiro atoms. The fourth-order valence-corrected chi connectivity index (χ4v) is 3.82. The Balaban J connectivity index is 1.33. The Morgan fingerprint density at radius 3 is 2.44 bits per heavy atom. The first kappa shape index (κ1) is 21.8. The molecule has 3 aromatic rings. The van der Waals surface area contributed by atoms with E-state index in [1.54, 1.807) is 12.5 Å². The van der Waals surface area contributed by atoms with Crippen LogP contribution in [0.25, 0.3) is 5.82 Å². The molecule has 1 amide bonds.